The number of nitrogens with one attached hydrogen (secondary N) is 1. The fraction of sp³-hybridized carbons (Fsp3) is 0.792. The predicted molar refractivity (Wildman–Crippen MR) is 268 cm³/mol. The van der Waals surface area contributed by atoms with Gasteiger partial charge in [-0.3, -0.25) is 4.79 Å². The highest BCUT2D eigenvalue weighted by Crippen LogP contribution is 2.33. The summed E-state index contributed by atoms with van der Waals surface area (Å²) in [4.78, 5) is 13.2. The number of ether oxygens (including phenoxy) is 6. The molecule has 1 amide bonds. The van der Waals surface area contributed by atoms with Gasteiger partial charge in [-0.05, 0) is 38.5 Å². The molecule has 3 saturated heterocycles. The van der Waals surface area contributed by atoms with Crippen molar-refractivity contribution in [3.63, 3.8) is 0 Å². The molecular weight excluding hydrogens is 939 g/mol. The van der Waals surface area contributed by atoms with Gasteiger partial charge in [0, 0.05) is 6.42 Å². The molecule has 416 valence electrons. The molecule has 0 aromatic carbocycles. The Kier molecular flexibility index (Phi) is 33.0. The van der Waals surface area contributed by atoms with E-state index in [1.807, 2.05) is 12.2 Å². The average Bonchev–Trinajstić information content (AvgIpc) is 3.37. The summed E-state index contributed by atoms with van der Waals surface area (Å²) in [5, 5.41) is 120. The van der Waals surface area contributed by atoms with Gasteiger partial charge in [0.05, 0.1) is 38.6 Å². The molecule has 19 nitrogen and oxygen atoms in total. The monoisotopic (exact) mass is 1030 g/mol. The summed E-state index contributed by atoms with van der Waals surface area (Å²) >= 11 is 0. The molecule has 3 rings (SSSR count). The lowest BCUT2D eigenvalue weighted by Gasteiger charge is -2.48. The van der Waals surface area contributed by atoms with Gasteiger partial charge in [-0.2, -0.15) is 0 Å². The van der Waals surface area contributed by atoms with Crippen LogP contribution in [0.15, 0.2) is 60.8 Å². The van der Waals surface area contributed by atoms with E-state index in [-0.39, 0.29) is 18.9 Å². The van der Waals surface area contributed by atoms with E-state index < -0.39 is 124 Å². The van der Waals surface area contributed by atoms with E-state index in [0.29, 0.717) is 19.3 Å². The largest absolute Gasteiger partial charge is 0.394 e. The summed E-state index contributed by atoms with van der Waals surface area (Å²) in [5.74, 6) is -0.374. The molecule has 72 heavy (non-hydrogen) atoms. The van der Waals surface area contributed by atoms with Gasteiger partial charge in [0.2, 0.25) is 5.91 Å². The second kappa shape index (κ2) is 37.3. The zero-order chi connectivity index (χ0) is 52.7. The Morgan fingerprint density at radius 3 is 1.38 bits per heavy atom. The second-order valence-corrected chi connectivity index (χ2v) is 19.0. The van der Waals surface area contributed by atoms with Crippen molar-refractivity contribution in [3.05, 3.63) is 60.8 Å². The summed E-state index contributed by atoms with van der Waals surface area (Å²) in [7, 11) is 0. The van der Waals surface area contributed by atoms with Crippen molar-refractivity contribution in [1.29, 1.82) is 0 Å². The third-order valence-corrected chi connectivity index (χ3v) is 13.1. The zero-order valence-electron chi connectivity index (χ0n) is 42.6. The van der Waals surface area contributed by atoms with Crippen LogP contribution in [0.5, 0.6) is 0 Å². The number of amides is 1. The molecule has 3 heterocycles. The summed E-state index contributed by atoms with van der Waals surface area (Å²) in [5.41, 5.74) is 0. The van der Waals surface area contributed by atoms with Crippen LogP contribution < -0.4 is 5.32 Å². The number of aliphatic hydroxyl groups is 11. The van der Waals surface area contributed by atoms with E-state index in [4.69, 9.17) is 28.4 Å². The van der Waals surface area contributed by atoms with Crippen LogP contribution >= 0.6 is 0 Å². The Labute approximate surface area is 426 Å². The first-order chi connectivity index (χ1) is 34.8. The molecule has 0 saturated carbocycles. The summed E-state index contributed by atoms with van der Waals surface area (Å²) in [6, 6.07) is -0.941. The summed E-state index contributed by atoms with van der Waals surface area (Å²) in [6.07, 6.45) is 12.1. The molecule has 0 aromatic rings. The van der Waals surface area contributed by atoms with E-state index in [9.17, 15) is 61.0 Å². The predicted octanol–water partition coefficient (Wildman–Crippen LogP) is 2.53. The van der Waals surface area contributed by atoms with Crippen molar-refractivity contribution < 1.29 is 89.4 Å². The molecule has 0 spiro atoms. The fourth-order valence-electron chi connectivity index (χ4n) is 8.73. The minimum Gasteiger partial charge on any atom is -0.394 e. The van der Waals surface area contributed by atoms with Gasteiger partial charge in [-0.25, -0.2) is 0 Å². The van der Waals surface area contributed by atoms with Crippen LogP contribution in [0, 0.1) is 0 Å². The van der Waals surface area contributed by atoms with Crippen LogP contribution in [0.3, 0.4) is 0 Å². The SMILES string of the molecule is CC/C=C\C/C=C\C/C=C\C/C=C\C/C=C\CC(=O)NC(COC1OC(CO)C(OC2OC(CO)C(OC3OC(CO)C(O)C(O)C3O)C(O)C2O)C(O)C1O)C(O)CCCCCCCCCCCCCC. The summed E-state index contributed by atoms with van der Waals surface area (Å²) in [6.45, 7) is 1.55. The van der Waals surface area contributed by atoms with Crippen molar-refractivity contribution in [3.8, 4) is 0 Å². The first-order valence-corrected chi connectivity index (χ1v) is 26.5. The number of hydrogen-bond acceptors (Lipinski definition) is 18. The standard InChI is InChI=1S/C53H91NO18/c1-3-5-7-9-11-13-15-17-18-19-21-23-25-27-29-31-41(59)54-36(37(58)30-28-26-24-22-20-16-14-12-10-8-6-4-2)35-67-51-47(65)44(62)49(39(33-56)69-51)72-53-48(66)45(63)50(40(34-57)70-53)71-52-46(64)43(61)42(60)38(32-55)68-52/h5,7,11,13,17-18,21,23,27,29,36-40,42-53,55-58,60-66H,3-4,6,8-10,12,14-16,19-20,22,24-26,28,30-35H2,1-2H3,(H,54,59)/b7-5-,13-11-,18-17-,23-21-,29-27-. The van der Waals surface area contributed by atoms with Crippen LogP contribution in [-0.2, 0) is 33.2 Å². The number of aliphatic hydroxyl groups excluding tert-OH is 11. The number of rotatable bonds is 36. The van der Waals surface area contributed by atoms with Gasteiger partial charge in [-0.15, -0.1) is 0 Å². The van der Waals surface area contributed by atoms with Gasteiger partial charge in [0.15, 0.2) is 18.9 Å². The maximum absolute atomic E-state index is 13.2. The molecule has 0 bridgehead atoms. The lowest BCUT2D eigenvalue weighted by atomic mass is 9.96. The third kappa shape index (κ3) is 22.4. The molecule has 17 atom stereocenters. The van der Waals surface area contributed by atoms with Crippen molar-refractivity contribution >= 4 is 5.91 Å². The van der Waals surface area contributed by atoms with Gasteiger partial charge >= 0.3 is 0 Å². The van der Waals surface area contributed by atoms with Crippen LogP contribution in [0.2, 0.25) is 0 Å². The van der Waals surface area contributed by atoms with Crippen molar-refractivity contribution in [2.24, 2.45) is 0 Å². The van der Waals surface area contributed by atoms with Gasteiger partial charge in [0.25, 0.3) is 0 Å². The summed E-state index contributed by atoms with van der Waals surface area (Å²) < 4.78 is 34.1. The molecule has 12 N–H and O–H groups in total. The highest BCUT2D eigenvalue weighted by Gasteiger charge is 2.53. The van der Waals surface area contributed by atoms with E-state index in [1.54, 1.807) is 6.08 Å². The number of unbranched alkanes of at least 4 members (excludes halogenated alkanes) is 11. The van der Waals surface area contributed by atoms with E-state index in [0.717, 1.165) is 51.4 Å². The maximum Gasteiger partial charge on any atom is 0.224 e. The zero-order valence-corrected chi connectivity index (χ0v) is 42.6. The van der Waals surface area contributed by atoms with Crippen LogP contribution in [0.1, 0.15) is 136 Å². The van der Waals surface area contributed by atoms with Crippen LogP contribution in [0.25, 0.3) is 0 Å². The van der Waals surface area contributed by atoms with Crippen LogP contribution in [0.4, 0.5) is 0 Å². The molecule has 19 heteroatoms. The van der Waals surface area contributed by atoms with E-state index in [1.165, 1.54) is 44.9 Å². The highest BCUT2D eigenvalue weighted by molar-refractivity contribution is 5.77. The molecule has 3 aliphatic heterocycles. The van der Waals surface area contributed by atoms with Crippen molar-refractivity contribution in [2.75, 3.05) is 26.4 Å². The van der Waals surface area contributed by atoms with E-state index >= 15 is 0 Å². The Bertz CT molecular complexity index is 1560. The normalized spacial score (nSPS) is 32.5. The lowest BCUT2D eigenvalue weighted by Crippen LogP contribution is -2.66. The second-order valence-electron chi connectivity index (χ2n) is 19.0. The molecular formula is C53H91NO18. The van der Waals surface area contributed by atoms with Gasteiger partial charge in [0.1, 0.15) is 73.2 Å². The Hall–Kier alpha value is -2.51. The quantitative estimate of drug-likeness (QED) is 0.0317. The van der Waals surface area contributed by atoms with Crippen molar-refractivity contribution in [1.82, 2.24) is 5.32 Å². The third-order valence-electron chi connectivity index (χ3n) is 13.1. The Balaban J connectivity index is 1.57. The first-order valence-electron chi connectivity index (χ1n) is 26.5. The smallest absolute Gasteiger partial charge is 0.224 e. The Morgan fingerprint density at radius 1 is 0.500 bits per heavy atom. The fourth-order valence-corrected chi connectivity index (χ4v) is 8.73. The van der Waals surface area contributed by atoms with Gasteiger partial charge in [-0.1, -0.05) is 152 Å². The minimum absolute atomic E-state index is 0.0315. The molecule has 3 aliphatic rings. The number of allylic oxidation sites excluding steroid dienone is 9. The van der Waals surface area contributed by atoms with Crippen LogP contribution in [-0.4, -0.2) is 193 Å². The molecule has 0 aromatic heterocycles. The van der Waals surface area contributed by atoms with E-state index in [2.05, 4.69) is 61.7 Å². The minimum atomic E-state index is -1.98. The Morgan fingerprint density at radius 2 is 0.903 bits per heavy atom. The topological polar surface area (TPSA) is 307 Å². The molecule has 0 radical (unpaired) electrons. The number of hydrogen-bond donors (Lipinski definition) is 12. The lowest BCUT2D eigenvalue weighted by molar-refractivity contribution is -0.379. The van der Waals surface area contributed by atoms with Gasteiger partial charge < -0.3 is 89.9 Å². The molecule has 3 fully saturated rings. The highest BCUT2D eigenvalue weighted by atomic mass is 16.8. The number of carbonyl (C=O) groups is 1. The molecule has 0 aliphatic carbocycles. The first kappa shape index (κ1) is 63.8. The molecule has 17 unspecified atom stereocenters. The average molecular weight is 1030 g/mol. The number of carbonyl (C=O) groups excluding carboxylic acids is 1. The maximum atomic E-state index is 13.2. The van der Waals surface area contributed by atoms with Crippen molar-refractivity contribution in [2.45, 2.75) is 240 Å².